The van der Waals surface area contributed by atoms with Crippen molar-refractivity contribution in [3.05, 3.63) is 44.8 Å². The Morgan fingerprint density at radius 1 is 1.21 bits per heavy atom. The molecule has 6 nitrogen and oxygen atoms in total. The van der Waals surface area contributed by atoms with E-state index in [0.717, 1.165) is 0 Å². The number of nitrogens with zero attached hydrogens (tertiary/aromatic N) is 2. The van der Waals surface area contributed by atoms with Gasteiger partial charge < -0.3 is 5.32 Å². The summed E-state index contributed by atoms with van der Waals surface area (Å²) in [6.45, 7) is 0. The molecule has 3 rings (SSSR count). The number of benzene rings is 1. The molecular formula is C11H7Cl2N5O. The second kappa shape index (κ2) is 4.56. The summed E-state index contributed by atoms with van der Waals surface area (Å²) in [5.74, 6) is 0.292. The first-order valence-corrected chi connectivity index (χ1v) is 6.04. The van der Waals surface area contributed by atoms with Crippen molar-refractivity contribution >= 4 is 45.9 Å². The highest BCUT2D eigenvalue weighted by Gasteiger charge is 2.06. The van der Waals surface area contributed by atoms with Gasteiger partial charge in [0.2, 0.25) is 5.95 Å². The molecule has 8 heteroatoms. The molecule has 0 bridgehead atoms. The van der Waals surface area contributed by atoms with Gasteiger partial charge in [-0.3, -0.25) is 14.9 Å². The van der Waals surface area contributed by atoms with Gasteiger partial charge in [0.05, 0.1) is 16.2 Å². The molecule has 0 aliphatic rings. The van der Waals surface area contributed by atoms with Crippen LogP contribution in [0.5, 0.6) is 0 Å². The lowest BCUT2D eigenvalue weighted by Crippen LogP contribution is -2.10. The fourth-order valence-corrected chi connectivity index (χ4v) is 1.91. The van der Waals surface area contributed by atoms with Crippen LogP contribution in [0.25, 0.3) is 11.0 Å². The second-order valence-corrected chi connectivity index (χ2v) is 4.62. The number of anilines is 2. The van der Waals surface area contributed by atoms with E-state index < -0.39 is 0 Å². The lowest BCUT2D eigenvalue weighted by molar-refractivity contribution is 1.09. The van der Waals surface area contributed by atoms with E-state index in [-0.39, 0.29) is 5.56 Å². The molecule has 19 heavy (non-hydrogen) atoms. The van der Waals surface area contributed by atoms with Crippen molar-refractivity contribution in [2.24, 2.45) is 0 Å². The van der Waals surface area contributed by atoms with Gasteiger partial charge in [-0.05, 0) is 18.2 Å². The highest BCUT2D eigenvalue weighted by molar-refractivity contribution is 6.42. The fourth-order valence-electron chi connectivity index (χ4n) is 1.62. The Morgan fingerprint density at radius 3 is 2.84 bits per heavy atom. The quantitative estimate of drug-likeness (QED) is 0.678. The molecular weight excluding hydrogens is 289 g/mol. The molecule has 96 valence electrons. The van der Waals surface area contributed by atoms with Gasteiger partial charge >= 0.3 is 0 Å². The van der Waals surface area contributed by atoms with Gasteiger partial charge in [-0.2, -0.15) is 10.1 Å². The summed E-state index contributed by atoms with van der Waals surface area (Å²) in [6.07, 6.45) is 1.42. The average molecular weight is 296 g/mol. The molecule has 0 amide bonds. The summed E-state index contributed by atoms with van der Waals surface area (Å²) in [7, 11) is 0. The van der Waals surface area contributed by atoms with E-state index in [1.54, 1.807) is 18.2 Å². The van der Waals surface area contributed by atoms with Crippen LogP contribution in [0.3, 0.4) is 0 Å². The molecule has 0 aliphatic carbocycles. The standard InChI is InChI=1S/C11H7Cl2N5O/c12-7-2-1-5(3-8(7)13)15-11-16-9-6(4-14-18-9)10(19)17-11/h1-4H,(H3,14,15,16,17,18,19). The predicted molar refractivity (Wildman–Crippen MR) is 74.3 cm³/mol. The Hall–Kier alpha value is -2.05. The number of rotatable bonds is 2. The van der Waals surface area contributed by atoms with E-state index in [2.05, 4.69) is 25.5 Å². The molecule has 0 saturated heterocycles. The molecule has 0 spiro atoms. The monoisotopic (exact) mass is 295 g/mol. The topological polar surface area (TPSA) is 86.5 Å². The van der Waals surface area contributed by atoms with Crippen molar-refractivity contribution in [3.8, 4) is 0 Å². The minimum absolute atomic E-state index is 0.277. The summed E-state index contributed by atoms with van der Waals surface area (Å²) in [6, 6.07) is 5.02. The second-order valence-electron chi connectivity index (χ2n) is 3.80. The zero-order chi connectivity index (χ0) is 13.4. The first kappa shape index (κ1) is 12.0. The minimum Gasteiger partial charge on any atom is -0.326 e. The number of fused-ring (bicyclic) bond motifs is 1. The van der Waals surface area contributed by atoms with Crippen LogP contribution in [0.15, 0.2) is 29.2 Å². The number of hydrogen-bond acceptors (Lipinski definition) is 4. The number of aromatic amines is 2. The third kappa shape index (κ3) is 2.27. The molecule has 0 saturated carbocycles. The maximum Gasteiger partial charge on any atom is 0.263 e. The van der Waals surface area contributed by atoms with Gasteiger partial charge in [-0.15, -0.1) is 0 Å². The van der Waals surface area contributed by atoms with Crippen LogP contribution in [0.2, 0.25) is 10.0 Å². The molecule has 1 aromatic carbocycles. The van der Waals surface area contributed by atoms with Crippen LogP contribution in [0.4, 0.5) is 11.6 Å². The van der Waals surface area contributed by atoms with Gasteiger partial charge in [0.15, 0.2) is 5.65 Å². The molecule has 2 aromatic heterocycles. The van der Waals surface area contributed by atoms with Gasteiger partial charge in [-0.1, -0.05) is 23.2 Å². The van der Waals surface area contributed by atoms with Gasteiger partial charge in [0.25, 0.3) is 5.56 Å². The normalized spacial score (nSPS) is 10.8. The number of halogens is 2. The zero-order valence-electron chi connectivity index (χ0n) is 9.37. The Bertz CT molecular complexity index is 810. The Labute approximate surface area is 116 Å². The number of aromatic nitrogens is 4. The number of H-pyrrole nitrogens is 2. The molecule has 0 fully saturated rings. The maximum absolute atomic E-state index is 11.7. The Morgan fingerprint density at radius 2 is 2.05 bits per heavy atom. The van der Waals surface area contributed by atoms with Crippen molar-refractivity contribution in [1.29, 1.82) is 0 Å². The van der Waals surface area contributed by atoms with E-state index in [1.807, 2.05) is 0 Å². The van der Waals surface area contributed by atoms with Gasteiger partial charge in [0.1, 0.15) is 5.39 Å². The lowest BCUT2D eigenvalue weighted by Gasteiger charge is -2.06. The largest absolute Gasteiger partial charge is 0.326 e. The van der Waals surface area contributed by atoms with Crippen molar-refractivity contribution in [2.45, 2.75) is 0 Å². The summed E-state index contributed by atoms with van der Waals surface area (Å²) >= 11 is 11.7. The molecule has 2 heterocycles. The first-order chi connectivity index (χ1) is 9.13. The number of hydrogen-bond donors (Lipinski definition) is 3. The van der Waals surface area contributed by atoms with Crippen molar-refractivity contribution < 1.29 is 0 Å². The third-order valence-electron chi connectivity index (χ3n) is 2.50. The van der Waals surface area contributed by atoms with E-state index >= 15 is 0 Å². The predicted octanol–water partition coefficient (Wildman–Crippen LogP) is 2.70. The van der Waals surface area contributed by atoms with Crippen molar-refractivity contribution in [3.63, 3.8) is 0 Å². The summed E-state index contributed by atoms with van der Waals surface area (Å²) in [5, 5.41) is 10.6. The molecule has 0 unspecified atom stereocenters. The van der Waals surface area contributed by atoms with Crippen LogP contribution in [0, 0.1) is 0 Å². The molecule has 0 aliphatic heterocycles. The van der Waals surface area contributed by atoms with E-state index in [0.29, 0.717) is 32.7 Å². The SMILES string of the molecule is O=c1[nH]c(Nc2ccc(Cl)c(Cl)c2)nc2[nH]ncc12. The summed E-state index contributed by atoms with van der Waals surface area (Å²) in [4.78, 5) is 18.5. The van der Waals surface area contributed by atoms with Crippen LogP contribution >= 0.6 is 23.2 Å². The zero-order valence-corrected chi connectivity index (χ0v) is 10.9. The lowest BCUT2D eigenvalue weighted by atomic mass is 10.3. The highest BCUT2D eigenvalue weighted by Crippen LogP contribution is 2.26. The van der Waals surface area contributed by atoms with E-state index in [9.17, 15) is 4.79 Å². The Balaban J connectivity index is 2.00. The molecule has 0 atom stereocenters. The first-order valence-electron chi connectivity index (χ1n) is 5.29. The van der Waals surface area contributed by atoms with Crippen LogP contribution in [-0.2, 0) is 0 Å². The smallest absolute Gasteiger partial charge is 0.263 e. The van der Waals surface area contributed by atoms with Gasteiger partial charge in [0, 0.05) is 5.69 Å². The molecule has 3 aromatic rings. The summed E-state index contributed by atoms with van der Waals surface area (Å²) in [5.41, 5.74) is 0.795. The highest BCUT2D eigenvalue weighted by atomic mass is 35.5. The van der Waals surface area contributed by atoms with E-state index in [4.69, 9.17) is 23.2 Å². The molecule has 0 radical (unpaired) electrons. The Kier molecular flexibility index (Phi) is 2.88. The van der Waals surface area contributed by atoms with Crippen molar-refractivity contribution in [1.82, 2.24) is 20.2 Å². The summed E-state index contributed by atoms with van der Waals surface area (Å²) < 4.78 is 0. The van der Waals surface area contributed by atoms with Gasteiger partial charge in [-0.25, -0.2) is 0 Å². The van der Waals surface area contributed by atoms with E-state index in [1.165, 1.54) is 6.20 Å². The maximum atomic E-state index is 11.7. The minimum atomic E-state index is -0.277. The fraction of sp³-hybridized carbons (Fsp3) is 0. The molecule has 3 N–H and O–H groups in total. The van der Waals surface area contributed by atoms with Crippen LogP contribution < -0.4 is 10.9 Å². The van der Waals surface area contributed by atoms with Crippen molar-refractivity contribution in [2.75, 3.05) is 5.32 Å². The number of nitrogens with one attached hydrogen (secondary N) is 3. The van der Waals surface area contributed by atoms with Crippen LogP contribution in [-0.4, -0.2) is 20.2 Å². The third-order valence-corrected chi connectivity index (χ3v) is 3.24. The average Bonchev–Trinajstić information content (AvgIpc) is 2.82. The van der Waals surface area contributed by atoms with Crippen LogP contribution in [0.1, 0.15) is 0 Å².